The molecule has 0 saturated heterocycles. The summed E-state index contributed by atoms with van der Waals surface area (Å²) in [5.41, 5.74) is 2.96. The second kappa shape index (κ2) is 3.54. The van der Waals surface area contributed by atoms with Crippen LogP contribution in [0.25, 0.3) is 0 Å². The van der Waals surface area contributed by atoms with Gasteiger partial charge < -0.3 is 9.55 Å². The molecule has 0 aromatic carbocycles. The summed E-state index contributed by atoms with van der Waals surface area (Å²) >= 11 is 0. The average Bonchev–Trinajstić information content (AvgIpc) is 2.76. The maximum atomic E-state index is 10.7. The maximum Gasteiger partial charge on any atom is 0.166 e. The van der Waals surface area contributed by atoms with Gasteiger partial charge in [0.2, 0.25) is 0 Å². The Balaban J connectivity index is 2.22. The van der Waals surface area contributed by atoms with Crippen LogP contribution in [0.5, 0.6) is 0 Å². The Morgan fingerprint density at radius 3 is 2.93 bits per heavy atom. The molecule has 72 valence electrons. The van der Waals surface area contributed by atoms with E-state index in [0.717, 1.165) is 24.2 Å². The SMILES string of the molecule is Cc1ccc(Cn2cccc2C=O)[nH]1. The van der Waals surface area contributed by atoms with Crippen LogP contribution in [0.4, 0.5) is 0 Å². The lowest BCUT2D eigenvalue weighted by molar-refractivity contribution is 0.111. The molecule has 0 atom stereocenters. The molecule has 0 unspecified atom stereocenters. The predicted molar refractivity (Wildman–Crippen MR) is 54.5 cm³/mol. The Kier molecular flexibility index (Phi) is 2.23. The van der Waals surface area contributed by atoms with Gasteiger partial charge >= 0.3 is 0 Å². The number of hydrogen-bond donors (Lipinski definition) is 1. The number of aromatic amines is 1. The summed E-state index contributed by atoms with van der Waals surface area (Å²) in [5, 5.41) is 0. The molecule has 1 N–H and O–H groups in total. The minimum absolute atomic E-state index is 0.706. The van der Waals surface area contributed by atoms with Crippen molar-refractivity contribution in [3.63, 3.8) is 0 Å². The normalized spacial score (nSPS) is 10.4. The number of hydrogen-bond acceptors (Lipinski definition) is 1. The molecule has 0 radical (unpaired) electrons. The Hall–Kier alpha value is -1.77. The minimum atomic E-state index is 0.706. The zero-order valence-corrected chi connectivity index (χ0v) is 8.03. The summed E-state index contributed by atoms with van der Waals surface area (Å²) in [7, 11) is 0. The Bertz CT molecular complexity index is 440. The molecule has 2 aromatic heterocycles. The van der Waals surface area contributed by atoms with Crippen molar-refractivity contribution >= 4 is 6.29 Å². The van der Waals surface area contributed by atoms with Gasteiger partial charge in [0.25, 0.3) is 0 Å². The minimum Gasteiger partial charge on any atom is -0.361 e. The molecule has 0 aliphatic heterocycles. The third-order valence-electron chi connectivity index (χ3n) is 2.22. The number of nitrogens with zero attached hydrogens (tertiary/aromatic N) is 1. The lowest BCUT2D eigenvalue weighted by Crippen LogP contribution is -2.02. The summed E-state index contributed by atoms with van der Waals surface area (Å²) in [6.07, 6.45) is 2.77. The van der Waals surface area contributed by atoms with Crippen molar-refractivity contribution in [2.24, 2.45) is 0 Å². The fraction of sp³-hybridized carbons (Fsp3) is 0.182. The zero-order chi connectivity index (χ0) is 9.97. The first-order valence-electron chi connectivity index (χ1n) is 4.54. The van der Waals surface area contributed by atoms with Crippen molar-refractivity contribution in [1.82, 2.24) is 9.55 Å². The smallest absolute Gasteiger partial charge is 0.166 e. The summed E-state index contributed by atoms with van der Waals surface area (Å²) in [6, 6.07) is 7.74. The van der Waals surface area contributed by atoms with Gasteiger partial charge in [-0.2, -0.15) is 0 Å². The molecular weight excluding hydrogens is 176 g/mol. The molecule has 0 aliphatic rings. The van der Waals surface area contributed by atoms with Gasteiger partial charge in [0, 0.05) is 17.6 Å². The van der Waals surface area contributed by atoms with Crippen LogP contribution in [0.2, 0.25) is 0 Å². The van der Waals surface area contributed by atoms with E-state index >= 15 is 0 Å². The standard InChI is InChI=1S/C11H12N2O/c1-9-4-5-10(12-9)7-13-6-2-3-11(13)8-14/h2-6,8,12H,7H2,1H3. The van der Waals surface area contributed by atoms with E-state index in [1.807, 2.05) is 42.0 Å². The number of aldehydes is 1. The monoisotopic (exact) mass is 188 g/mol. The van der Waals surface area contributed by atoms with Crippen molar-refractivity contribution in [1.29, 1.82) is 0 Å². The van der Waals surface area contributed by atoms with Crippen LogP contribution >= 0.6 is 0 Å². The molecule has 14 heavy (non-hydrogen) atoms. The van der Waals surface area contributed by atoms with Crippen LogP contribution in [0.1, 0.15) is 21.9 Å². The van der Waals surface area contributed by atoms with E-state index < -0.39 is 0 Å². The zero-order valence-electron chi connectivity index (χ0n) is 8.03. The highest BCUT2D eigenvalue weighted by atomic mass is 16.1. The highest BCUT2D eigenvalue weighted by molar-refractivity contribution is 5.72. The Labute approximate surface area is 82.4 Å². The van der Waals surface area contributed by atoms with E-state index in [1.165, 1.54) is 0 Å². The fourth-order valence-corrected chi connectivity index (χ4v) is 1.52. The summed E-state index contributed by atoms with van der Waals surface area (Å²) < 4.78 is 1.91. The van der Waals surface area contributed by atoms with Crippen LogP contribution < -0.4 is 0 Å². The highest BCUT2D eigenvalue weighted by Gasteiger charge is 2.01. The molecule has 3 nitrogen and oxygen atoms in total. The number of nitrogens with one attached hydrogen (secondary N) is 1. The molecule has 0 aliphatic carbocycles. The second-order valence-electron chi connectivity index (χ2n) is 3.35. The van der Waals surface area contributed by atoms with Gasteiger partial charge in [-0.25, -0.2) is 0 Å². The van der Waals surface area contributed by atoms with Crippen molar-refractivity contribution in [2.45, 2.75) is 13.5 Å². The molecular formula is C11H12N2O. The van der Waals surface area contributed by atoms with Crippen LogP contribution in [-0.4, -0.2) is 15.8 Å². The van der Waals surface area contributed by atoms with Gasteiger partial charge in [-0.05, 0) is 31.2 Å². The fourth-order valence-electron chi connectivity index (χ4n) is 1.52. The molecule has 0 saturated carbocycles. The number of H-pyrrole nitrogens is 1. The largest absolute Gasteiger partial charge is 0.361 e. The predicted octanol–water partition coefficient (Wildman–Crippen LogP) is 1.99. The summed E-state index contributed by atoms with van der Waals surface area (Å²) in [6.45, 7) is 2.73. The Morgan fingerprint density at radius 2 is 2.29 bits per heavy atom. The van der Waals surface area contributed by atoms with Gasteiger partial charge in [0.05, 0.1) is 12.2 Å². The van der Waals surface area contributed by atoms with Gasteiger partial charge in [0.15, 0.2) is 6.29 Å². The first-order chi connectivity index (χ1) is 6.79. The van der Waals surface area contributed by atoms with Crippen molar-refractivity contribution in [2.75, 3.05) is 0 Å². The quantitative estimate of drug-likeness (QED) is 0.735. The number of carbonyl (C=O) groups excluding carboxylic acids is 1. The second-order valence-corrected chi connectivity index (χ2v) is 3.35. The number of carbonyl (C=O) groups is 1. The topological polar surface area (TPSA) is 37.8 Å². The lowest BCUT2D eigenvalue weighted by atomic mass is 10.4. The van der Waals surface area contributed by atoms with Crippen LogP contribution in [0.15, 0.2) is 30.5 Å². The average molecular weight is 188 g/mol. The van der Waals surface area contributed by atoms with Crippen molar-refractivity contribution in [3.05, 3.63) is 47.5 Å². The highest BCUT2D eigenvalue weighted by Crippen LogP contribution is 2.06. The molecule has 3 heteroatoms. The van der Waals surface area contributed by atoms with E-state index in [4.69, 9.17) is 0 Å². The maximum absolute atomic E-state index is 10.7. The van der Waals surface area contributed by atoms with Gasteiger partial charge in [-0.3, -0.25) is 4.79 Å². The van der Waals surface area contributed by atoms with Crippen molar-refractivity contribution < 1.29 is 4.79 Å². The number of aromatic nitrogens is 2. The first kappa shape index (κ1) is 8.81. The van der Waals surface area contributed by atoms with E-state index in [2.05, 4.69) is 4.98 Å². The van der Waals surface area contributed by atoms with E-state index in [1.54, 1.807) is 0 Å². The van der Waals surface area contributed by atoms with E-state index in [0.29, 0.717) is 5.69 Å². The third kappa shape index (κ3) is 1.62. The van der Waals surface area contributed by atoms with Crippen molar-refractivity contribution in [3.8, 4) is 0 Å². The van der Waals surface area contributed by atoms with E-state index in [-0.39, 0.29) is 0 Å². The Morgan fingerprint density at radius 1 is 1.43 bits per heavy atom. The molecule has 0 bridgehead atoms. The van der Waals surface area contributed by atoms with Crippen LogP contribution in [-0.2, 0) is 6.54 Å². The molecule has 2 heterocycles. The van der Waals surface area contributed by atoms with Gasteiger partial charge in [-0.15, -0.1) is 0 Å². The molecule has 0 amide bonds. The third-order valence-corrected chi connectivity index (χ3v) is 2.22. The summed E-state index contributed by atoms with van der Waals surface area (Å²) in [5.74, 6) is 0. The van der Waals surface area contributed by atoms with Crippen LogP contribution in [0.3, 0.4) is 0 Å². The number of rotatable bonds is 3. The molecule has 0 spiro atoms. The molecule has 2 rings (SSSR count). The molecule has 2 aromatic rings. The first-order valence-corrected chi connectivity index (χ1v) is 4.54. The van der Waals surface area contributed by atoms with Gasteiger partial charge in [0.1, 0.15) is 0 Å². The molecule has 0 fully saturated rings. The van der Waals surface area contributed by atoms with Gasteiger partial charge in [-0.1, -0.05) is 0 Å². The lowest BCUT2D eigenvalue weighted by Gasteiger charge is -2.02. The summed E-state index contributed by atoms with van der Waals surface area (Å²) in [4.78, 5) is 13.9. The number of aryl methyl sites for hydroxylation is 1. The van der Waals surface area contributed by atoms with E-state index in [9.17, 15) is 4.79 Å². The van der Waals surface area contributed by atoms with Crippen LogP contribution in [0, 0.1) is 6.92 Å².